The van der Waals surface area contributed by atoms with Crippen LogP contribution in [0.15, 0.2) is 82.8 Å². The van der Waals surface area contributed by atoms with Gasteiger partial charge in [0.15, 0.2) is 0 Å². The highest BCUT2D eigenvalue weighted by Gasteiger charge is 2.27. The molecule has 0 aliphatic heterocycles. The van der Waals surface area contributed by atoms with Crippen molar-refractivity contribution in [2.24, 2.45) is 5.10 Å². The molecule has 0 aliphatic carbocycles. The molecule has 0 unspecified atom stereocenters. The molecule has 0 fully saturated rings. The van der Waals surface area contributed by atoms with Gasteiger partial charge in [0.1, 0.15) is 12.3 Å². The third-order valence-corrected chi connectivity index (χ3v) is 7.12. The lowest BCUT2D eigenvalue weighted by molar-refractivity contribution is -0.119. The number of rotatable bonds is 9. The summed E-state index contributed by atoms with van der Waals surface area (Å²) in [6, 6.07) is 20.7. The van der Waals surface area contributed by atoms with Gasteiger partial charge in [-0.05, 0) is 92.9 Å². The third-order valence-electron chi connectivity index (χ3n) is 5.33. The lowest BCUT2D eigenvalue weighted by Gasteiger charge is -2.24. The number of ether oxygens (including phenoxy) is 1. The summed E-state index contributed by atoms with van der Waals surface area (Å²) < 4.78 is 33.4. The summed E-state index contributed by atoms with van der Waals surface area (Å²) in [5.41, 5.74) is 6.24. The minimum Gasteiger partial charge on any atom is -0.494 e. The normalized spacial score (nSPS) is 11.7. The summed E-state index contributed by atoms with van der Waals surface area (Å²) in [7, 11) is -3.97. The number of anilines is 1. The fourth-order valence-electron chi connectivity index (χ4n) is 3.25. The van der Waals surface area contributed by atoms with Crippen LogP contribution >= 0.6 is 0 Å². The average Bonchev–Trinajstić information content (AvgIpc) is 2.84. The fraction of sp³-hybridized carbons (Fsp3) is 0.231. The van der Waals surface area contributed by atoms with E-state index in [1.807, 2.05) is 51.1 Å². The first-order valence-electron chi connectivity index (χ1n) is 10.9. The van der Waals surface area contributed by atoms with E-state index in [1.165, 1.54) is 12.1 Å². The van der Waals surface area contributed by atoms with Gasteiger partial charge >= 0.3 is 0 Å². The van der Waals surface area contributed by atoms with Crippen LogP contribution < -0.4 is 14.5 Å². The Morgan fingerprint density at radius 3 is 2.26 bits per heavy atom. The lowest BCUT2D eigenvalue weighted by atomic mass is 10.1. The number of nitrogens with zero attached hydrogens (tertiary/aromatic N) is 2. The van der Waals surface area contributed by atoms with Crippen LogP contribution in [-0.4, -0.2) is 33.2 Å². The summed E-state index contributed by atoms with van der Waals surface area (Å²) in [4.78, 5) is 12.9. The molecule has 0 heterocycles. The molecule has 0 aromatic heterocycles. The largest absolute Gasteiger partial charge is 0.494 e. The van der Waals surface area contributed by atoms with Crippen molar-refractivity contribution in [2.75, 3.05) is 17.5 Å². The van der Waals surface area contributed by atoms with E-state index < -0.39 is 22.5 Å². The number of amides is 1. The van der Waals surface area contributed by atoms with Gasteiger partial charge in [0.25, 0.3) is 15.9 Å². The number of hydrogen-bond donors (Lipinski definition) is 1. The molecule has 0 bridgehead atoms. The Labute approximate surface area is 201 Å². The molecule has 7 nitrogen and oxygen atoms in total. The lowest BCUT2D eigenvalue weighted by Crippen LogP contribution is -2.39. The highest BCUT2D eigenvalue weighted by Crippen LogP contribution is 2.25. The molecule has 0 aliphatic rings. The van der Waals surface area contributed by atoms with Gasteiger partial charge in [0.2, 0.25) is 0 Å². The second-order valence-corrected chi connectivity index (χ2v) is 9.65. The van der Waals surface area contributed by atoms with Crippen molar-refractivity contribution in [3.63, 3.8) is 0 Å². The van der Waals surface area contributed by atoms with Crippen LogP contribution in [0.5, 0.6) is 5.75 Å². The van der Waals surface area contributed by atoms with Crippen LogP contribution in [0.25, 0.3) is 0 Å². The monoisotopic (exact) mass is 479 g/mol. The molecule has 1 N–H and O–H groups in total. The second kappa shape index (κ2) is 11.0. The average molecular weight is 480 g/mol. The minimum atomic E-state index is -3.97. The number of sulfonamides is 1. The van der Waals surface area contributed by atoms with Crippen LogP contribution in [0.1, 0.15) is 30.5 Å². The summed E-state index contributed by atoms with van der Waals surface area (Å²) in [5, 5.41) is 4.16. The van der Waals surface area contributed by atoms with Crippen molar-refractivity contribution in [2.45, 2.75) is 32.6 Å². The molecule has 0 atom stereocenters. The van der Waals surface area contributed by atoms with Gasteiger partial charge in [-0.15, -0.1) is 0 Å². The SMILES string of the molecule is CCOc1ccc(C(C)=NNC(=O)CN(c2ccc(C)c(C)c2)S(=O)(=O)c2ccccc2)cc1. The number of aryl methyl sites for hydroxylation is 2. The minimum absolute atomic E-state index is 0.107. The van der Waals surface area contributed by atoms with Crippen LogP contribution in [-0.2, 0) is 14.8 Å². The van der Waals surface area contributed by atoms with Gasteiger partial charge in [-0.1, -0.05) is 24.3 Å². The molecular formula is C26H29N3O4S. The Morgan fingerprint density at radius 2 is 1.65 bits per heavy atom. The zero-order valence-electron chi connectivity index (χ0n) is 19.8. The number of carbonyl (C=O) groups excluding carboxylic acids is 1. The number of hydrazone groups is 1. The topological polar surface area (TPSA) is 88.1 Å². The van der Waals surface area contributed by atoms with Gasteiger partial charge in [0.05, 0.1) is 22.9 Å². The van der Waals surface area contributed by atoms with Crippen molar-refractivity contribution >= 4 is 27.3 Å². The van der Waals surface area contributed by atoms with E-state index in [1.54, 1.807) is 37.3 Å². The van der Waals surface area contributed by atoms with Crippen LogP contribution in [0, 0.1) is 13.8 Å². The summed E-state index contributed by atoms with van der Waals surface area (Å²) in [5.74, 6) is 0.196. The van der Waals surface area contributed by atoms with Crippen molar-refractivity contribution in [1.29, 1.82) is 0 Å². The first-order chi connectivity index (χ1) is 16.2. The van der Waals surface area contributed by atoms with E-state index >= 15 is 0 Å². The summed E-state index contributed by atoms with van der Waals surface area (Å²) >= 11 is 0. The number of benzene rings is 3. The molecule has 34 heavy (non-hydrogen) atoms. The predicted octanol–water partition coefficient (Wildman–Crippen LogP) is 4.44. The van der Waals surface area contributed by atoms with E-state index in [2.05, 4.69) is 10.5 Å². The molecule has 3 aromatic carbocycles. The van der Waals surface area contributed by atoms with Crippen molar-refractivity contribution in [3.8, 4) is 5.75 Å². The zero-order valence-corrected chi connectivity index (χ0v) is 20.6. The van der Waals surface area contributed by atoms with Crippen molar-refractivity contribution < 1.29 is 17.9 Å². The maximum absolute atomic E-state index is 13.4. The van der Waals surface area contributed by atoms with Crippen LogP contribution in [0.3, 0.4) is 0 Å². The molecule has 3 aromatic rings. The molecule has 178 valence electrons. The quantitative estimate of drug-likeness (QED) is 0.363. The maximum Gasteiger partial charge on any atom is 0.264 e. The van der Waals surface area contributed by atoms with Gasteiger partial charge < -0.3 is 4.74 Å². The van der Waals surface area contributed by atoms with E-state index in [9.17, 15) is 13.2 Å². The molecule has 8 heteroatoms. The highest BCUT2D eigenvalue weighted by molar-refractivity contribution is 7.92. The molecule has 0 saturated heterocycles. The maximum atomic E-state index is 13.4. The number of carbonyl (C=O) groups is 1. The molecule has 0 saturated carbocycles. The number of hydrogen-bond acceptors (Lipinski definition) is 5. The standard InChI is InChI=1S/C26H29N3O4S/c1-5-33-24-15-12-22(13-16-24)21(4)27-28-26(30)18-29(23-14-11-19(2)20(3)17-23)34(31,32)25-9-7-6-8-10-25/h6-17H,5,18H2,1-4H3,(H,28,30). The van der Waals surface area contributed by atoms with Crippen molar-refractivity contribution in [3.05, 3.63) is 89.5 Å². The van der Waals surface area contributed by atoms with E-state index in [0.717, 1.165) is 26.7 Å². The van der Waals surface area contributed by atoms with Gasteiger partial charge in [0, 0.05) is 0 Å². The van der Waals surface area contributed by atoms with E-state index in [-0.39, 0.29) is 4.90 Å². The van der Waals surface area contributed by atoms with E-state index in [4.69, 9.17) is 4.74 Å². The van der Waals surface area contributed by atoms with Gasteiger partial charge in [-0.3, -0.25) is 9.10 Å². The van der Waals surface area contributed by atoms with Gasteiger partial charge in [-0.2, -0.15) is 5.10 Å². The first kappa shape index (κ1) is 25.0. The highest BCUT2D eigenvalue weighted by atomic mass is 32.2. The predicted molar refractivity (Wildman–Crippen MR) is 135 cm³/mol. The molecule has 1 amide bonds. The van der Waals surface area contributed by atoms with Crippen LogP contribution in [0.4, 0.5) is 5.69 Å². The van der Waals surface area contributed by atoms with Crippen molar-refractivity contribution in [1.82, 2.24) is 5.43 Å². The van der Waals surface area contributed by atoms with Gasteiger partial charge in [-0.25, -0.2) is 13.8 Å². The van der Waals surface area contributed by atoms with E-state index in [0.29, 0.717) is 18.0 Å². The first-order valence-corrected chi connectivity index (χ1v) is 12.4. The van der Waals surface area contributed by atoms with Crippen LogP contribution in [0.2, 0.25) is 0 Å². The molecular weight excluding hydrogens is 450 g/mol. The Hall–Kier alpha value is -3.65. The summed E-state index contributed by atoms with van der Waals surface area (Å²) in [6.45, 7) is 7.68. The smallest absolute Gasteiger partial charge is 0.264 e. The molecule has 0 radical (unpaired) electrons. The second-order valence-electron chi connectivity index (χ2n) is 7.78. The molecule has 3 rings (SSSR count). The Bertz CT molecular complexity index is 1270. The Kier molecular flexibility index (Phi) is 8.07. The summed E-state index contributed by atoms with van der Waals surface area (Å²) in [6.07, 6.45) is 0. The zero-order chi connectivity index (χ0) is 24.7. The Balaban J connectivity index is 1.83. The fourth-order valence-corrected chi connectivity index (χ4v) is 4.68. The number of nitrogens with one attached hydrogen (secondary N) is 1. The molecule has 0 spiro atoms. The Morgan fingerprint density at radius 1 is 0.971 bits per heavy atom. The third kappa shape index (κ3) is 6.02.